The highest BCUT2D eigenvalue weighted by atomic mass is 16.4. The normalized spacial score (nSPS) is 22.1. The maximum atomic E-state index is 12.2. The van der Waals surface area contributed by atoms with Gasteiger partial charge < -0.3 is 19.9 Å². The smallest absolute Gasteiger partial charge is 0.326 e. The van der Waals surface area contributed by atoms with E-state index in [1.165, 1.54) is 4.90 Å². The lowest BCUT2D eigenvalue weighted by atomic mass is 9.91. The van der Waals surface area contributed by atoms with Crippen molar-refractivity contribution in [3.05, 3.63) is 12.2 Å². The molecule has 0 aliphatic carbocycles. The summed E-state index contributed by atoms with van der Waals surface area (Å²) in [5, 5.41) is 19.8. The quantitative estimate of drug-likeness (QED) is 0.829. The van der Waals surface area contributed by atoms with Crippen molar-refractivity contribution in [2.24, 2.45) is 13.0 Å². The number of rotatable bonds is 4. The Morgan fingerprint density at radius 1 is 1.52 bits per heavy atom. The molecule has 1 saturated heterocycles. The van der Waals surface area contributed by atoms with Gasteiger partial charge in [0.15, 0.2) is 0 Å². The molecular weight excluding hydrogens is 274 g/mol. The van der Waals surface area contributed by atoms with Gasteiger partial charge in [-0.25, -0.2) is 9.59 Å². The Hall–Kier alpha value is -2.12. The van der Waals surface area contributed by atoms with Crippen LogP contribution in [-0.4, -0.2) is 55.9 Å². The van der Waals surface area contributed by atoms with Gasteiger partial charge in [-0.3, -0.25) is 0 Å². The SMILES string of the molecule is CC1CCCN(C(=O)NCCc2nncn2C)C1C(=O)O. The minimum Gasteiger partial charge on any atom is -0.480 e. The average Bonchev–Trinajstić information content (AvgIpc) is 2.83. The lowest BCUT2D eigenvalue weighted by molar-refractivity contribution is -0.145. The lowest BCUT2D eigenvalue weighted by Crippen LogP contribution is -2.55. The average molecular weight is 295 g/mol. The fourth-order valence-electron chi connectivity index (χ4n) is 2.71. The molecule has 0 bridgehead atoms. The van der Waals surface area contributed by atoms with Crippen LogP contribution in [0.4, 0.5) is 4.79 Å². The molecule has 0 saturated carbocycles. The van der Waals surface area contributed by atoms with E-state index < -0.39 is 12.0 Å². The number of carboxylic acids is 1. The first-order valence-electron chi connectivity index (χ1n) is 7.11. The maximum absolute atomic E-state index is 12.2. The largest absolute Gasteiger partial charge is 0.480 e. The number of nitrogens with zero attached hydrogens (tertiary/aromatic N) is 4. The van der Waals surface area contributed by atoms with Gasteiger partial charge in [-0.15, -0.1) is 10.2 Å². The lowest BCUT2D eigenvalue weighted by Gasteiger charge is -2.37. The number of carboxylic acid groups (broad SMARTS) is 1. The Morgan fingerprint density at radius 2 is 2.29 bits per heavy atom. The van der Waals surface area contributed by atoms with Crippen molar-refractivity contribution in [1.29, 1.82) is 0 Å². The topological polar surface area (TPSA) is 100 Å². The molecule has 0 aromatic carbocycles. The summed E-state index contributed by atoms with van der Waals surface area (Å²) >= 11 is 0. The van der Waals surface area contributed by atoms with Crippen LogP contribution in [-0.2, 0) is 18.3 Å². The van der Waals surface area contributed by atoms with Crippen LogP contribution in [0.5, 0.6) is 0 Å². The van der Waals surface area contributed by atoms with Crippen molar-refractivity contribution in [3.8, 4) is 0 Å². The molecule has 1 aromatic heterocycles. The summed E-state index contributed by atoms with van der Waals surface area (Å²) in [4.78, 5) is 24.9. The third-order valence-corrected chi connectivity index (χ3v) is 3.88. The molecule has 2 heterocycles. The van der Waals surface area contributed by atoms with Crippen molar-refractivity contribution in [2.75, 3.05) is 13.1 Å². The van der Waals surface area contributed by atoms with Crippen LogP contribution in [0.25, 0.3) is 0 Å². The highest BCUT2D eigenvalue weighted by Crippen LogP contribution is 2.23. The predicted molar refractivity (Wildman–Crippen MR) is 74.6 cm³/mol. The number of hydrogen-bond acceptors (Lipinski definition) is 4. The zero-order chi connectivity index (χ0) is 15.4. The molecule has 0 radical (unpaired) electrons. The van der Waals surface area contributed by atoms with Gasteiger partial charge in [0, 0.05) is 26.6 Å². The van der Waals surface area contributed by atoms with Crippen LogP contribution in [0.1, 0.15) is 25.6 Å². The molecule has 116 valence electrons. The monoisotopic (exact) mass is 295 g/mol. The van der Waals surface area contributed by atoms with Gasteiger partial charge in [0.1, 0.15) is 18.2 Å². The molecule has 2 rings (SSSR count). The number of carbonyl (C=O) groups excluding carboxylic acids is 1. The number of hydrogen-bond donors (Lipinski definition) is 2. The number of amides is 2. The molecule has 8 heteroatoms. The summed E-state index contributed by atoms with van der Waals surface area (Å²) < 4.78 is 1.79. The van der Waals surface area contributed by atoms with Crippen molar-refractivity contribution in [1.82, 2.24) is 25.0 Å². The molecule has 0 spiro atoms. The van der Waals surface area contributed by atoms with Crippen LogP contribution in [0.15, 0.2) is 6.33 Å². The van der Waals surface area contributed by atoms with Gasteiger partial charge in [-0.05, 0) is 18.8 Å². The Balaban J connectivity index is 1.89. The third-order valence-electron chi connectivity index (χ3n) is 3.88. The van der Waals surface area contributed by atoms with Gasteiger partial charge in [-0.2, -0.15) is 0 Å². The number of piperidine rings is 1. The molecule has 1 aliphatic heterocycles. The van der Waals surface area contributed by atoms with E-state index in [1.54, 1.807) is 10.9 Å². The standard InChI is InChI=1S/C13H21N5O3/c1-9-4-3-7-18(11(9)12(19)20)13(21)14-6-5-10-16-15-8-17(10)2/h8-9,11H,3-7H2,1-2H3,(H,14,21)(H,19,20). The van der Waals surface area contributed by atoms with Gasteiger partial charge in [0.25, 0.3) is 0 Å². The van der Waals surface area contributed by atoms with Gasteiger partial charge in [0.2, 0.25) is 0 Å². The van der Waals surface area contributed by atoms with E-state index in [0.29, 0.717) is 19.5 Å². The Bertz CT molecular complexity index is 516. The van der Waals surface area contributed by atoms with Gasteiger partial charge in [0.05, 0.1) is 0 Å². The van der Waals surface area contributed by atoms with E-state index in [-0.39, 0.29) is 11.9 Å². The minimum absolute atomic E-state index is 0.0271. The summed E-state index contributed by atoms with van der Waals surface area (Å²) in [5.74, 6) is -0.191. The second kappa shape index (κ2) is 6.55. The van der Waals surface area contributed by atoms with E-state index in [4.69, 9.17) is 0 Å². The number of likely N-dealkylation sites (tertiary alicyclic amines) is 1. The first kappa shape index (κ1) is 15.3. The molecule has 1 fully saturated rings. The minimum atomic E-state index is -0.939. The molecule has 21 heavy (non-hydrogen) atoms. The van der Waals surface area contributed by atoms with E-state index in [1.807, 2.05) is 14.0 Å². The van der Waals surface area contributed by atoms with E-state index >= 15 is 0 Å². The molecule has 1 aliphatic rings. The van der Waals surface area contributed by atoms with Crippen molar-refractivity contribution in [2.45, 2.75) is 32.2 Å². The van der Waals surface area contributed by atoms with Crippen LogP contribution in [0, 0.1) is 5.92 Å². The second-order valence-corrected chi connectivity index (χ2v) is 5.44. The molecule has 2 N–H and O–H groups in total. The summed E-state index contributed by atoms with van der Waals surface area (Å²) in [6.45, 7) is 2.76. The van der Waals surface area contributed by atoms with Gasteiger partial charge >= 0.3 is 12.0 Å². The number of aryl methyl sites for hydroxylation is 1. The Morgan fingerprint density at radius 3 is 2.90 bits per heavy atom. The van der Waals surface area contributed by atoms with E-state index in [0.717, 1.165) is 18.7 Å². The van der Waals surface area contributed by atoms with Gasteiger partial charge in [-0.1, -0.05) is 6.92 Å². The number of aromatic nitrogens is 3. The Kier molecular flexibility index (Phi) is 4.77. The number of nitrogens with one attached hydrogen (secondary N) is 1. The zero-order valence-electron chi connectivity index (χ0n) is 12.3. The number of urea groups is 1. The maximum Gasteiger partial charge on any atom is 0.326 e. The Labute approximate surface area is 123 Å². The molecule has 1 aromatic rings. The van der Waals surface area contributed by atoms with Crippen LogP contribution in [0.2, 0.25) is 0 Å². The highest BCUT2D eigenvalue weighted by molar-refractivity contribution is 5.83. The molecular formula is C13H21N5O3. The summed E-state index contributed by atoms with van der Waals surface area (Å²) in [6, 6.07) is -1.07. The fourth-order valence-corrected chi connectivity index (χ4v) is 2.71. The molecule has 8 nitrogen and oxygen atoms in total. The van der Waals surface area contributed by atoms with E-state index in [2.05, 4.69) is 15.5 Å². The fraction of sp³-hybridized carbons (Fsp3) is 0.692. The summed E-state index contributed by atoms with van der Waals surface area (Å²) in [5.41, 5.74) is 0. The summed E-state index contributed by atoms with van der Waals surface area (Å²) in [6.07, 6.45) is 3.83. The second-order valence-electron chi connectivity index (χ2n) is 5.44. The first-order valence-corrected chi connectivity index (χ1v) is 7.11. The summed E-state index contributed by atoms with van der Waals surface area (Å²) in [7, 11) is 1.84. The van der Waals surface area contributed by atoms with E-state index in [9.17, 15) is 14.7 Å². The van der Waals surface area contributed by atoms with Crippen molar-refractivity contribution >= 4 is 12.0 Å². The number of aliphatic carboxylic acids is 1. The molecule has 2 atom stereocenters. The first-order chi connectivity index (χ1) is 10.0. The predicted octanol–water partition coefficient (Wildman–Crippen LogP) is 0.252. The van der Waals surface area contributed by atoms with Crippen molar-refractivity contribution in [3.63, 3.8) is 0 Å². The van der Waals surface area contributed by atoms with Crippen LogP contribution in [0.3, 0.4) is 0 Å². The highest BCUT2D eigenvalue weighted by Gasteiger charge is 2.36. The molecule has 2 unspecified atom stereocenters. The van der Waals surface area contributed by atoms with Crippen LogP contribution < -0.4 is 5.32 Å². The third kappa shape index (κ3) is 3.50. The zero-order valence-corrected chi connectivity index (χ0v) is 12.3. The van der Waals surface area contributed by atoms with Crippen molar-refractivity contribution < 1.29 is 14.7 Å². The van der Waals surface area contributed by atoms with Crippen LogP contribution >= 0.6 is 0 Å². The number of carbonyl (C=O) groups is 2. The molecule has 2 amide bonds.